The fourth-order valence-corrected chi connectivity index (χ4v) is 2.19. The number of aryl methyl sites for hydroxylation is 1. The zero-order valence-electron chi connectivity index (χ0n) is 7.46. The van der Waals surface area contributed by atoms with Crippen LogP contribution in [0.15, 0.2) is 28.7 Å². The molecule has 0 heterocycles. The van der Waals surface area contributed by atoms with Crippen LogP contribution in [0.1, 0.15) is 17.5 Å². The van der Waals surface area contributed by atoms with E-state index in [0.29, 0.717) is 0 Å². The van der Waals surface area contributed by atoms with Crippen LogP contribution in [0.3, 0.4) is 0 Å². The van der Waals surface area contributed by atoms with Crippen molar-refractivity contribution in [3.05, 3.63) is 39.9 Å². The molecule has 14 heavy (non-hydrogen) atoms. The summed E-state index contributed by atoms with van der Waals surface area (Å²) in [5.74, 6) is -0.865. The number of carboxylic acids is 1. The number of carboxylic acid groups (broad SMARTS) is 1. The number of rotatable bonds is 1. The Morgan fingerprint density at radius 1 is 1.43 bits per heavy atom. The molecule has 1 N–H and O–H groups in total. The normalized spacial score (nSPS) is 17.1. The molecule has 0 radical (unpaired) electrons. The number of fused-ring (bicyclic) bond motifs is 1. The molecule has 0 aliphatic heterocycles. The van der Waals surface area contributed by atoms with Gasteiger partial charge in [-0.25, -0.2) is 4.79 Å². The molecule has 1 aliphatic rings. The molecular formula is C11H9BrO2. The average molecular weight is 253 g/mol. The van der Waals surface area contributed by atoms with Gasteiger partial charge in [0.25, 0.3) is 0 Å². The quantitative estimate of drug-likeness (QED) is 0.781. The van der Waals surface area contributed by atoms with Crippen LogP contribution >= 0.6 is 15.9 Å². The van der Waals surface area contributed by atoms with Crippen LogP contribution in [-0.2, 0) is 11.2 Å². The summed E-state index contributed by atoms with van der Waals surface area (Å²) in [6.45, 7) is 0. The molecule has 0 atom stereocenters. The van der Waals surface area contributed by atoms with E-state index in [9.17, 15) is 4.79 Å². The summed E-state index contributed by atoms with van der Waals surface area (Å²) in [4.78, 5) is 10.5. The largest absolute Gasteiger partial charge is 0.478 e. The molecule has 0 fully saturated rings. The van der Waals surface area contributed by atoms with Crippen LogP contribution in [0.2, 0.25) is 0 Å². The average Bonchev–Trinajstić information content (AvgIpc) is 2.47. The molecule has 0 amide bonds. The van der Waals surface area contributed by atoms with E-state index < -0.39 is 5.97 Å². The van der Waals surface area contributed by atoms with Gasteiger partial charge < -0.3 is 5.11 Å². The second kappa shape index (κ2) is 3.58. The second-order valence-electron chi connectivity index (χ2n) is 3.31. The van der Waals surface area contributed by atoms with Crippen LogP contribution in [0.5, 0.6) is 0 Å². The van der Waals surface area contributed by atoms with Gasteiger partial charge in [0.05, 0.1) is 0 Å². The van der Waals surface area contributed by atoms with Crippen LogP contribution in [0.4, 0.5) is 0 Å². The van der Waals surface area contributed by atoms with Gasteiger partial charge in [-0.05, 0) is 41.7 Å². The highest BCUT2D eigenvalue weighted by Crippen LogP contribution is 2.33. The summed E-state index contributed by atoms with van der Waals surface area (Å²) < 4.78 is 1.05. The summed E-state index contributed by atoms with van der Waals surface area (Å²) in [6, 6.07) is 5.97. The Labute approximate surface area is 90.4 Å². The Hall–Kier alpha value is -1.09. The topological polar surface area (TPSA) is 37.3 Å². The predicted octanol–water partition coefficient (Wildman–Crippen LogP) is 2.86. The van der Waals surface area contributed by atoms with E-state index in [2.05, 4.69) is 22.0 Å². The first-order valence-electron chi connectivity index (χ1n) is 4.39. The second-order valence-corrected chi connectivity index (χ2v) is 4.22. The fraction of sp³-hybridized carbons (Fsp3) is 0.182. The lowest BCUT2D eigenvalue weighted by atomic mass is 10.1. The van der Waals surface area contributed by atoms with E-state index in [4.69, 9.17) is 5.11 Å². The molecule has 0 saturated heterocycles. The van der Waals surface area contributed by atoms with Gasteiger partial charge in [-0.1, -0.05) is 22.0 Å². The number of halogens is 1. The van der Waals surface area contributed by atoms with Crippen LogP contribution in [0, 0.1) is 0 Å². The van der Waals surface area contributed by atoms with Crippen LogP contribution in [0.25, 0.3) is 5.57 Å². The summed E-state index contributed by atoms with van der Waals surface area (Å²) in [6.07, 6.45) is 3.08. The van der Waals surface area contributed by atoms with Crippen LogP contribution in [-0.4, -0.2) is 11.1 Å². The summed E-state index contributed by atoms with van der Waals surface area (Å²) in [5, 5.41) is 8.67. The molecule has 72 valence electrons. The summed E-state index contributed by atoms with van der Waals surface area (Å²) in [5.41, 5.74) is 3.24. The molecule has 3 heteroatoms. The van der Waals surface area contributed by atoms with E-state index in [1.807, 2.05) is 12.1 Å². The minimum Gasteiger partial charge on any atom is -0.478 e. The molecule has 2 nitrogen and oxygen atoms in total. The van der Waals surface area contributed by atoms with E-state index in [0.717, 1.165) is 28.5 Å². The monoisotopic (exact) mass is 252 g/mol. The zero-order chi connectivity index (χ0) is 10.1. The maximum atomic E-state index is 10.5. The lowest BCUT2D eigenvalue weighted by Crippen LogP contribution is -1.89. The third kappa shape index (κ3) is 1.73. The first-order chi connectivity index (χ1) is 6.66. The van der Waals surface area contributed by atoms with E-state index in [-0.39, 0.29) is 0 Å². The number of benzene rings is 1. The highest BCUT2D eigenvalue weighted by atomic mass is 79.9. The number of hydrogen-bond donors (Lipinski definition) is 1. The van der Waals surface area contributed by atoms with Crippen molar-refractivity contribution in [3.63, 3.8) is 0 Å². The molecular weight excluding hydrogens is 244 g/mol. The van der Waals surface area contributed by atoms with Gasteiger partial charge in [-0.2, -0.15) is 0 Å². The van der Waals surface area contributed by atoms with E-state index >= 15 is 0 Å². The zero-order valence-corrected chi connectivity index (χ0v) is 9.04. The van der Waals surface area contributed by atoms with E-state index in [1.54, 1.807) is 0 Å². The maximum absolute atomic E-state index is 10.5. The van der Waals surface area contributed by atoms with Crippen molar-refractivity contribution in [2.24, 2.45) is 0 Å². The van der Waals surface area contributed by atoms with Gasteiger partial charge in [-0.15, -0.1) is 0 Å². The van der Waals surface area contributed by atoms with Crippen molar-refractivity contribution in [3.8, 4) is 0 Å². The van der Waals surface area contributed by atoms with Gasteiger partial charge in [0.15, 0.2) is 0 Å². The number of aliphatic carboxylic acids is 1. The maximum Gasteiger partial charge on any atom is 0.328 e. The lowest BCUT2D eigenvalue weighted by molar-refractivity contribution is -0.131. The highest BCUT2D eigenvalue weighted by molar-refractivity contribution is 9.10. The Bertz CT molecular complexity index is 421. The third-order valence-corrected chi connectivity index (χ3v) is 2.87. The molecule has 1 aromatic carbocycles. The number of carbonyl (C=O) groups is 1. The molecule has 0 spiro atoms. The predicted molar refractivity (Wildman–Crippen MR) is 58.1 cm³/mol. The minimum atomic E-state index is -0.865. The van der Waals surface area contributed by atoms with Crippen molar-refractivity contribution < 1.29 is 9.90 Å². The highest BCUT2D eigenvalue weighted by Gasteiger charge is 2.16. The molecule has 2 rings (SSSR count). The van der Waals surface area contributed by atoms with Gasteiger partial charge in [-0.3, -0.25) is 0 Å². The minimum absolute atomic E-state index is 0.831. The lowest BCUT2D eigenvalue weighted by Gasteiger charge is -2.00. The van der Waals surface area contributed by atoms with Crippen molar-refractivity contribution in [1.82, 2.24) is 0 Å². The summed E-state index contributed by atoms with van der Waals surface area (Å²) in [7, 11) is 0. The smallest absolute Gasteiger partial charge is 0.328 e. The Morgan fingerprint density at radius 2 is 2.21 bits per heavy atom. The van der Waals surface area contributed by atoms with Gasteiger partial charge >= 0.3 is 5.97 Å². The molecule has 1 aromatic rings. The Kier molecular flexibility index (Phi) is 2.42. The van der Waals surface area contributed by atoms with Gasteiger partial charge in [0.2, 0.25) is 0 Å². The molecule has 0 aromatic heterocycles. The van der Waals surface area contributed by atoms with Gasteiger partial charge in [0.1, 0.15) is 0 Å². The van der Waals surface area contributed by atoms with Gasteiger partial charge in [0, 0.05) is 10.5 Å². The Morgan fingerprint density at radius 3 is 2.93 bits per heavy atom. The number of hydrogen-bond acceptors (Lipinski definition) is 1. The first kappa shape index (κ1) is 9.46. The third-order valence-electron chi connectivity index (χ3n) is 2.37. The SMILES string of the molecule is O=C(O)/C=C1/CCc2cc(Br)ccc21. The number of allylic oxidation sites excluding steroid dienone is 1. The molecule has 1 aliphatic carbocycles. The first-order valence-corrected chi connectivity index (χ1v) is 5.18. The van der Waals surface area contributed by atoms with Crippen molar-refractivity contribution in [2.75, 3.05) is 0 Å². The summed E-state index contributed by atoms with van der Waals surface area (Å²) >= 11 is 3.40. The van der Waals surface area contributed by atoms with Crippen molar-refractivity contribution >= 4 is 27.5 Å². The fourth-order valence-electron chi connectivity index (χ4n) is 1.79. The molecule has 0 saturated carbocycles. The molecule has 0 bridgehead atoms. The Balaban J connectivity index is 2.45. The van der Waals surface area contributed by atoms with Crippen LogP contribution < -0.4 is 0 Å². The van der Waals surface area contributed by atoms with Crippen molar-refractivity contribution in [2.45, 2.75) is 12.8 Å². The van der Waals surface area contributed by atoms with E-state index in [1.165, 1.54) is 11.6 Å². The molecule has 0 unspecified atom stereocenters. The van der Waals surface area contributed by atoms with Crippen molar-refractivity contribution in [1.29, 1.82) is 0 Å². The standard InChI is InChI=1S/C11H9BrO2/c12-9-3-4-10-7(5-9)1-2-8(10)6-11(13)14/h3-6H,1-2H2,(H,13,14)/b8-6-.